The molecule has 824 valence electrons. The van der Waals surface area contributed by atoms with Crippen molar-refractivity contribution in [1.82, 2.24) is 0 Å². The molecule has 0 spiro atoms. The average Bonchev–Trinajstić information content (AvgIpc) is 0.807. The van der Waals surface area contributed by atoms with Gasteiger partial charge in [-0.15, -0.1) is 0 Å². The quantitative estimate of drug-likeness (QED) is 0.0200. The van der Waals surface area contributed by atoms with Crippen LogP contribution in [0.4, 0.5) is 0 Å². The molecule has 0 saturated heterocycles. The lowest BCUT2D eigenvalue weighted by atomic mass is 9.66. The Kier molecular flexibility index (Phi) is 51.4. The van der Waals surface area contributed by atoms with E-state index in [1.165, 1.54) is 0 Å². The second-order valence-corrected chi connectivity index (χ2v) is 48.7. The van der Waals surface area contributed by atoms with Gasteiger partial charge in [0.15, 0.2) is 0 Å². The summed E-state index contributed by atoms with van der Waals surface area (Å²) in [6.07, 6.45) is 26.6. The van der Waals surface area contributed by atoms with Crippen molar-refractivity contribution in [3.63, 3.8) is 0 Å². The molecular weight excluding hydrogens is 1840 g/mol. The van der Waals surface area contributed by atoms with E-state index >= 15 is 0 Å². The Hall–Kier alpha value is -6.80. The van der Waals surface area contributed by atoms with Crippen molar-refractivity contribution in [2.75, 3.05) is 0 Å². The molecule has 0 aliphatic heterocycles. The Morgan fingerprint density at radius 2 is 0.583 bits per heavy atom. The van der Waals surface area contributed by atoms with Gasteiger partial charge in [-0.2, -0.15) is 0 Å². The van der Waals surface area contributed by atoms with Crippen molar-refractivity contribution in [2.24, 2.45) is 94.7 Å². The SMILES string of the molecule is CC[C@H](C)C(=O)O[C@H]1C[C@H](O)C=C2C=C[C@H](C)[C@H](CC[C@H](C[C@@H](O)CC(=O)O)OC(C)(C)C)[C@H]21.CC[C@H](C)C(=O)O[C@H]1C[C@H](OC(C)(C)C)C=C2C=C[C@H](C)[C@H](CC[C@@H](O)C[C@@H](O)CC(=O)O)[C@H]21.CC[C@H](C)C(=O)O[C@H]1C[C@H](OC(C)(C)C)C=C2C=C[C@H](C)[C@H](CC[C@@H](O)C[C@@H](O)CC(=O)OC(C)(C)C)[C@H]21.CC[C@H](C)C(=O)O[C@H]1C[C@H](OC(C)(C)C)C=C2C=C[C@H](C)[C@H](CC[C@@H](O)C[C@H](CC(=O)O)OC(C)(C)C)[C@H]21. The van der Waals surface area contributed by atoms with E-state index in [-0.39, 0.29) is 229 Å². The van der Waals surface area contributed by atoms with Crippen LogP contribution in [0, 0.1) is 94.7 Å². The van der Waals surface area contributed by atoms with Crippen molar-refractivity contribution in [3.05, 3.63) is 95.2 Å². The van der Waals surface area contributed by atoms with E-state index in [0.717, 1.165) is 48.0 Å². The molecule has 0 bridgehead atoms. The van der Waals surface area contributed by atoms with Gasteiger partial charge in [-0.1, -0.05) is 156 Å². The Bertz CT molecular complexity index is 4260. The molecule has 8 aliphatic rings. The average molecular weight is 2030 g/mol. The molecule has 0 aromatic rings. The summed E-state index contributed by atoms with van der Waals surface area (Å²) in [4.78, 5) is 96.3. The van der Waals surface area contributed by atoms with Crippen LogP contribution in [0.2, 0.25) is 0 Å². The number of carbonyl (C=O) groups is 8. The molecule has 0 saturated carbocycles. The van der Waals surface area contributed by atoms with Gasteiger partial charge in [-0.25, -0.2) is 0 Å². The zero-order chi connectivity index (χ0) is 109. The lowest BCUT2D eigenvalue weighted by molar-refractivity contribution is -0.162. The highest BCUT2D eigenvalue weighted by Gasteiger charge is 2.50. The maximum Gasteiger partial charge on any atom is 0.308 e. The van der Waals surface area contributed by atoms with Crippen LogP contribution in [-0.2, 0) is 85.7 Å². The number of ether oxygens (including phenoxy) is 10. The van der Waals surface area contributed by atoms with E-state index in [0.29, 0.717) is 77.0 Å². The fourth-order valence-electron chi connectivity index (χ4n) is 21.2. The van der Waals surface area contributed by atoms with Crippen LogP contribution in [0.25, 0.3) is 0 Å². The predicted octanol–water partition coefficient (Wildman–Crippen LogP) is 20.1. The number of rotatable bonds is 45. The van der Waals surface area contributed by atoms with Gasteiger partial charge in [0.05, 0.1) is 151 Å². The summed E-state index contributed by atoms with van der Waals surface area (Å²) >= 11 is 0. The molecule has 0 unspecified atom stereocenters. The van der Waals surface area contributed by atoms with Gasteiger partial charge in [0.2, 0.25) is 0 Å². The molecule has 0 aromatic carbocycles. The number of hydrogen-bond acceptors (Lipinski definition) is 25. The van der Waals surface area contributed by atoms with E-state index in [9.17, 15) is 79.2 Å². The number of allylic oxidation sites excluding steroid dienone is 8. The second-order valence-electron chi connectivity index (χ2n) is 48.7. The smallest absolute Gasteiger partial charge is 0.308 e. The number of esters is 5. The molecular formula is C116H192O28. The summed E-state index contributed by atoms with van der Waals surface area (Å²) in [5, 5.41) is 100. The maximum atomic E-state index is 12.9. The molecule has 0 heterocycles. The largest absolute Gasteiger partial charge is 0.481 e. The van der Waals surface area contributed by atoms with Gasteiger partial charge in [0, 0.05) is 62.2 Å². The number of fused-ring (bicyclic) bond motifs is 4. The Balaban J connectivity index is 0.000000338. The zero-order valence-electron chi connectivity index (χ0n) is 93.2. The van der Waals surface area contributed by atoms with Gasteiger partial charge in [-0.3, -0.25) is 38.4 Å². The molecule has 0 amide bonds. The lowest BCUT2D eigenvalue weighted by Crippen LogP contribution is -2.44. The molecule has 0 fully saturated rings. The molecule has 32 atom stereocenters. The van der Waals surface area contributed by atoms with Crippen LogP contribution >= 0.6 is 0 Å². The van der Waals surface area contributed by atoms with E-state index in [1.807, 2.05) is 171 Å². The molecule has 28 heteroatoms. The van der Waals surface area contributed by atoms with Crippen LogP contribution in [0.3, 0.4) is 0 Å². The van der Waals surface area contributed by atoms with Crippen molar-refractivity contribution >= 4 is 47.8 Å². The summed E-state index contributed by atoms with van der Waals surface area (Å²) in [6.45, 7) is 59.1. The van der Waals surface area contributed by atoms with Crippen LogP contribution in [0.5, 0.6) is 0 Å². The van der Waals surface area contributed by atoms with Gasteiger partial charge in [0.25, 0.3) is 0 Å². The van der Waals surface area contributed by atoms with Gasteiger partial charge in [0.1, 0.15) is 30.0 Å². The lowest BCUT2D eigenvalue weighted by Gasteiger charge is -2.44. The first-order chi connectivity index (χ1) is 66.6. The number of aliphatic carboxylic acids is 3. The minimum absolute atomic E-state index is 0.00367. The third-order valence-electron chi connectivity index (χ3n) is 28.7. The van der Waals surface area contributed by atoms with Crippen molar-refractivity contribution < 1.29 is 137 Å². The summed E-state index contributed by atoms with van der Waals surface area (Å²) in [6, 6.07) is 0. The minimum atomic E-state index is -1.08. The number of aliphatic hydroxyl groups is 7. The first kappa shape index (κ1) is 128. The minimum Gasteiger partial charge on any atom is -0.481 e. The number of carboxylic acids is 3. The third kappa shape index (κ3) is 45.6. The Morgan fingerprint density at radius 3 is 0.861 bits per heavy atom. The van der Waals surface area contributed by atoms with Crippen molar-refractivity contribution in [3.8, 4) is 0 Å². The molecule has 0 radical (unpaired) electrons. The van der Waals surface area contributed by atoms with E-state index < -0.39 is 95.6 Å². The highest BCUT2D eigenvalue weighted by Crippen LogP contribution is 2.51. The summed E-state index contributed by atoms with van der Waals surface area (Å²) in [7, 11) is 0. The number of carboxylic acid groups (broad SMARTS) is 3. The molecule has 8 aliphatic carbocycles. The first-order valence-electron chi connectivity index (χ1n) is 54.0. The van der Waals surface area contributed by atoms with Gasteiger partial charge >= 0.3 is 47.8 Å². The predicted molar refractivity (Wildman–Crippen MR) is 557 cm³/mol. The van der Waals surface area contributed by atoms with Crippen LogP contribution in [0.1, 0.15) is 362 Å². The number of hydrogen-bond donors (Lipinski definition) is 10. The molecule has 8 rings (SSSR count). The van der Waals surface area contributed by atoms with E-state index in [1.54, 1.807) is 20.8 Å². The fourth-order valence-corrected chi connectivity index (χ4v) is 21.2. The number of aliphatic hydroxyl groups excluding tert-OH is 7. The van der Waals surface area contributed by atoms with E-state index in [2.05, 4.69) is 88.5 Å². The normalized spacial score (nSPS) is 28.8. The first-order valence-corrected chi connectivity index (χ1v) is 54.0. The Morgan fingerprint density at radius 1 is 0.326 bits per heavy atom. The molecule has 144 heavy (non-hydrogen) atoms. The molecule has 28 nitrogen and oxygen atoms in total. The summed E-state index contributed by atoms with van der Waals surface area (Å²) in [5.41, 5.74) is 1.84. The second kappa shape index (κ2) is 58.0. The fraction of sp³-hybridized carbons (Fsp3) is 0.793. The maximum absolute atomic E-state index is 12.9. The van der Waals surface area contributed by atoms with Crippen molar-refractivity contribution in [1.29, 1.82) is 0 Å². The molecule has 0 aromatic heterocycles. The topological polar surface area (TPSA) is 431 Å². The third-order valence-corrected chi connectivity index (χ3v) is 28.7. The number of carbonyl (C=O) groups excluding carboxylic acids is 5. The summed E-state index contributed by atoms with van der Waals surface area (Å²) in [5.74, 6) is -3.40. The van der Waals surface area contributed by atoms with Crippen molar-refractivity contribution in [2.45, 2.75) is 493 Å². The van der Waals surface area contributed by atoms with Gasteiger partial charge in [-0.05, 0) is 284 Å². The van der Waals surface area contributed by atoms with Crippen LogP contribution in [-0.4, -0.2) is 230 Å². The Labute approximate surface area is 863 Å². The van der Waals surface area contributed by atoms with Gasteiger partial charge < -0.3 is 98.4 Å². The molecule has 10 N–H and O–H groups in total. The van der Waals surface area contributed by atoms with Crippen LogP contribution < -0.4 is 0 Å². The highest BCUT2D eigenvalue weighted by molar-refractivity contribution is 5.74. The highest BCUT2D eigenvalue weighted by atomic mass is 16.6. The van der Waals surface area contributed by atoms with Crippen LogP contribution in [0.15, 0.2) is 95.2 Å². The monoisotopic (exact) mass is 2030 g/mol. The van der Waals surface area contributed by atoms with E-state index in [4.69, 9.17) is 57.6 Å². The standard InChI is InChI=1S/2C31H52O7.2C27H44O7/c1-10-19(2)29(35)36-26-18-24(37-30(4,5)6)15-21-12-11-20(3)25(28(21)26)14-13-22(32)16-23(33)17-27(34)38-31(7,8)9;1-10-19(2)29(35)36-26-17-23(37-30(4,5)6)15-21-12-11-20(3)25(28(21)26)14-13-22(32)16-24(18-27(33)34)38-31(7,8)9;1-7-16(2)26(32)33-23-14-19(28)12-18-9-8-17(3)22(25(18)23)11-10-21(34-27(4,5)6)13-20(29)15-24(30)31;1-7-16(2)26(32)33-23-15-21(34-27(4,5)6)12-18-9-8-17(3)22(25(18)23)11-10-19(28)13-20(29)14-24(30)31/h11-12,15,19-20,22-26,28,32-33H,10,13-14,16-18H2,1-9H3;11-12,15,19-20,22-26,28,32H,10,13-14,16-18H2,1-9H3,(H,33,34);2*8-9,12,16-17,19-23,25,28-29H,7,10-11,13-15H2,1-6H3,(H,30,31)/t2*19-,20-,22+,23+,24+,25-,26-,28-;2*16-,17-,19+,20+,21+,22-,23-,25-/m0000/s1. The summed E-state index contributed by atoms with van der Waals surface area (Å²) < 4.78 is 60.6. The zero-order valence-corrected chi connectivity index (χ0v) is 93.2.